The van der Waals surface area contributed by atoms with E-state index >= 15 is 0 Å². The molecule has 1 saturated carbocycles. The molecular weight excluding hydrogens is 212 g/mol. The van der Waals surface area contributed by atoms with Crippen LogP contribution in [0.5, 0.6) is 5.75 Å². The third-order valence-corrected chi connectivity index (χ3v) is 3.95. The van der Waals surface area contributed by atoms with Crippen molar-refractivity contribution in [2.24, 2.45) is 11.1 Å². The van der Waals surface area contributed by atoms with Crippen molar-refractivity contribution < 1.29 is 4.74 Å². The van der Waals surface area contributed by atoms with E-state index in [9.17, 15) is 0 Å². The number of benzene rings is 1. The molecule has 1 heterocycles. The van der Waals surface area contributed by atoms with Crippen molar-refractivity contribution >= 4 is 5.69 Å². The first-order valence-corrected chi connectivity index (χ1v) is 6.50. The van der Waals surface area contributed by atoms with Crippen molar-refractivity contribution in [3.63, 3.8) is 0 Å². The maximum Gasteiger partial charge on any atom is 0.142 e. The molecule has 0 aromatic heterocycles. The summed E-state index contributed by atoms with van der Waals surface area (Å²) >= 11 is 0. The van der Waals surface area contributed by atoms with E-state index in [2.05, 4.69) is 23.1 Å². The Morgan fingerprint density at radius 1 is 1.29 bits per heavy atom. The molecule has 0 amide bonds. The number of nitrogens with two attached hydrogens (primary N) is 1. The van der Waals surface area contributed by atoms with Crippen LogP contribution in [-0.4, -0.2) is 26.2 Å². The van der Waals surface area contributed by atoms with Gasteiger partial charge in [-0.3, -0.25) is 0 Å². The van der Waals surface area contributed by atoms with Gasteiger partial charge in [-0.1, -0.05) is 12.1 Å². The Labute approximate surface area is 103 Å². The van der Waals surface area contributed by atoms with Gasteiger partial charge in [-0.05, 0) is 37.9 Å². The average molecular weight is 232 g/mol. The maximum absolute atomic E-state index is 5.89. The Bertz CT molecular complexity index is 401. The van der Waals surface area contributed by atoms with Gasteiger partial charge in [-0.25, -0.2) is 0 Å². The van der Waals surface area contributed by atoms with Crippen LogP contribution < -0.4 is 15.4 Å². The van der Waals surface area contributed by atoms with Gasteiger partial charge >= 0.3 is 0 Å². The SMILES string of the molecule is NCC1(CN2CCCOc3ccccc32)CC1. The number of rotatable bonds is 3. The zero-order valence-corrected chi connectivity index (χ0v) is 10.2. The third kappa shape index (κ3) is 2.12. The van der Waals surface area contributed by atoms with Crippen LogP contribution in [0.2, 0.25) is 0 Å². The van der Waals surface area contributed by atoms with E-state index in [1.807, 2.05) is 6.07 Å². The first-order valence-electron chi connectivity index (χ1n) is 6.50. The molecular formula is C14H20N2O. The van der Waals surface area contributed by atoms with Crippen molar-refractivity contribution in [3.8, 4) is 5.75 Å². The Kier molecular flexibility index (Phi) is 2.71. The number of fused-ring (bicyclic) bond motifs is 1. The molecule has 0 radical (unpaired) electrons. The van der Waals surface area contributed by atoms with Crippen molar-refractivity contribution in [3.05, 3.63) is 24.3 Å². The zero-order chi connectivity index (χ0) is 11.7. The van der Waals surface area contributed by atoms with Crippen molar-refractivity contribution in [2.75, 3.05) is 31.1 Å². The van der Waals surface area contributed by atoms with Gasteiger partial charge in [0.1, 0.15) is 5.75 Å². The van der Waals surface area contributed by atoms with Crippen LogP contribution in [0.4, 0.5) is 5.69 Å². The lowest BCUT2D eigenvalue weighted by Crippen LogP contribution is -2.34. The molecule has 17 heavy (non-hydrogen) atoms. The molecule has 0 saturated heterocycles. The largest absolute Gasteiger partial charge is 0.491 e. The minimum absolute atomic E-state index is 0.386. The summed E-state index contributed by atoms with van der Waals surface area (Å²) in [6.07, 6.45) is 3.65. The summed E-state index contributed by atoms with van der Waals surface area (Å²) in [5.41, 5.74) is 7.51. The number of ether oxygens (including phenoxy) is 1. The predicted octanol–water partition coefficient (Wildman–Crippen LogP) is 2.01. The minimum Gasteiger partial charge on any atom is -0.491 e. The van der Waals surface area contributed by atoms with Gasteiger partial charge in [0.25, 0.3) is 0 Å². The number of hydrogen-bond acceptors (Lipinski definition) is 3. The quantitative estimate of drug-likeness (QED) is 0.866. The average Bonchev–Trinajstić information content (AvgIpc) is 3.16. The minimum atomic E-state index is 0.386. The van der Waals surface area contributed by atoms with E-state index in [1.165, 1.54) is 18.5 Å². The Morgan fingerprint density at radius 2 is 2.12 bits per heavy atom. The predicted molar refractivity (Wildman–Crippen MR) is 69.5 cm³/mol. The second-order valence-electron chi connectivity index (χ2n) is 5.30. The first kappa shape index (κ1) is 10.9. The summed E-state index contributed by atoms with van der Waals surface area (Å²) in [6, 6.07) is 8.35. The lowest BCUT2D eigenvalue weighted by Gasteiger charge is -2.28. The molecule has 1 fully saturated rings. The van der Waals surface area contributed by atoms with Gasteiger partial charge < -0.3 is 15.4 Å². The van der Waals surface area contributed by atoms with Gasteiger partial charge in [0.15, 0.2) is 0 Å². The highest BCUT2D eigenvalue weighted by Gasteiger charge is 2.43. The highest BCUT2D eigenvalue weighted by Crippen LogP contribution is 2.46. The molecule has 92 valence electrons. The molecule has 3 nitrogen and oxygen atoms in total. The molecule has 0 spiro atoms. The van der Waals surface area contributed by atoms with E-state index in [0.29, 0.717) is 5.41 Å². The molecule has 3 heteroatoms. The monoisotopic (exact) mass is 232 g/mol. The fraction of sp³-hybridized carbons (Fsp3) is 0.571. The van der Waals surface area contributed by atoms with E-state index in [4.69, 9.17) is 10.5 Å². The lowest BCUT2D eigenvalue weighted by atomic mass is 10.1. The van der Waals surface area contributed by atoms with Crippen molar-refractivity contribution in [1.82, 2.24) is 0 Å². The fourth-order valence-corrected chi connectivity index (χ4v) is 2.57. The van der Waals surface area contributed by atoms with Gasteiger partial charge in [0, 0.05) is 18.5 Å². The number of nitrogens with zero attached hydrogens (tertiary/aromatic N) is 1. The topological polar surface area (TPSA) is 38.5 Å². The molecule has 0 unspecified atom stereocenters. The summed E-state index contributed by atoms with van der Waals surface area (Å²) in [4.78, 5) is 2.46. The molecule has 1 aliphatic carbocycles. The molecule has 0 atom stereocenters. The summed E-state index contributed by atoms with van der Waals surface area (Å²) < 4.78 is 5.77. The van der Waals surface area contributed by atoms with Crippen LogP contribution in [0.25, 0.3) is 0 Å². The molecule has 1 aliphatic heterocycles. The lowest BCUT2D eigenvalue weighted by molar-refractivity contribution is 0.322. The van der Waals surface area contributed by atoms with Crippen LogP contribution in [-0.2, 0) is 0 Å². The third-order valence-electron chi connectivity index (χ3n) is 3.95. The Balaban J connectivity index is 1.84. The van der Waals surface area contributed by atoms with Crippen LogP contribution in [0.3, 0.4) is 0 Å². The molecule has 3 rings (SSSR count). The fourth-order valence-electron chi connectivity index (χ4n) is 2.57. The molecule has 2 aliphatic rings. The number of anilines is 1. The molecule has 1 aromatic carbocycles. The summed E-state index contributed by atoms with van der Waals surface area (Å²) in [7, 11) is 0. The zero-order valence-electron chi connectivity index (χ0n) is 10.2. The van der Waals surface area contributed by atoms with Crippen LogP contribution in [0, 0.1) is 5.41 Å². The van der Waals surface area contributed by atoms with Crippen LogP contribution >= 0.6 is 0 Å². The van der Waals surface area contributed by atoms with E-state index in [1.54, 1.807) is 0 Å². The van der Waals surface area contributed by atoms with Crippen LogP contribution in [0.15, 0.2) is 24.3 Å². The summed E-state index contributed by atoms with van der Waals surface area (Å²) in [5.74, 6) is 1.03. The number of hydrogen-bond donors (Lipinski definition) is 1. The Morgan fingerprint density at radius 3 is 2.88 bits per heavy atom. The van der Waals surface area contributed by atoms with Gasteiger partial charge in [0.2, 0.25) is 0 Å². The first-order chi connectivity index (χ1) is 8.33. The maximum atomic E-state index is 5.89. The molecule has 0 bridgehead atoms. The number of para-hydroxylation sites is 2. The van der Waals surface area contributed by atoms with Gasteiger partial charge in [-0.15, -0.1) is 0 Å². The van der Waals surface area contributed by atoms with Gasteiger partial charge in [-0.2, -0.15) is 0 Å². The molecule has 1 aromatic rings. The van der Waals surface area contributed by atoms with Crippen molar-refractivity contribution in [2.45, 2.75) is 19.3 Å². The summed E-state index contributed by atoms with van der Waals surface area (Å²) in [5, 5.41) is 0. The van der Waals surface area contributed by atoms with Crippen LogP contribution in [0.1, 0.15) is 19.3 Å². The van der Waals surface area contributed by atoms with Crippen molar-refractivity contribution in [1.29, 1.82) is 0 Å². The normalized spacial score (nSPS) is 21.4. The Hall–Kier alpha value is -1.22. The van der Waals surface area contributed by atoms with E-state index < -0.39 is 0 Å². The van der Waals surface area contributed by atoms with Gasteiger partial charge in [0.05, 0.1) is 12.3 Å². The smallest absolute Gasteiger partial charge is 0.142 e. The van der Waals surface area contributed by atoms with E-state index in [0.717, 1.165) is 38.4 Å². The second-order valence-corrected chi connectivity index (χ2v) is 5.30. The highest BCUT2D eigenvalue weighted by atomic mass is 16.5. The summed E-state index contributed by atoms with van der Waals surface area (Å²) in [6.45, 7) is 3.80. The standard InChI is InChI=1S/C14H20N2O/c15-10-14(6-7-14)11-16-8-3-9-17-13-5-2-1-4-12(13)16/h1-2,4-5H,3,6-11,15H2. The second kappa shape index (κ2) is 4.22. The van der Waals surface area contributed by atoms with E-state index in [-0.39, 0.29) is 0 Å². The molecule has 2 N–H and O–H groups in total. The highest BCUT2D eigenvalue weighted by molar-refractivity contribution is 5.59.